The number of furan rings is 1. The lowest BCUT2D eigenvalue weighted by Gasteiger charge is -2.24. The van der Waals surface area contributed by atoms with Crippen LogP contribution in [0.3, 0.4) is 0 Å². The van der Waals surface area contributed by atoms with Crippen LogP contribution in [0, 0.1) is 12.7 Å². The average molecular weight is 469 g/mol. The highest BCUT2D eigenvalue weighted by Crippen LogP contribution is 2.45. The van der Waals surface area contributed by atoms with Crippen molar-refractivity contribution in [3.05, 3.63) is 93.9 Å². The zero-order valence-corrected chi connectivity index (χ0v) is 18.1. The molecule has 0 radical (unpaired) electrons. The van der Waals surface area contributed by atoms with Crippen molar-refractivity contribution in [3.63, 3.8) is 0 Å². The predicted molar refractivity (Wildman–Crippen MR) is 119 cm³/mol. The Labute approximate surface area is 190 Å². The topological polar surface area (TPSA) is 83.6 Å². The number of hydrogen-bond acceptors (Lipinski definition) is 6. The van der Waals surface area contributed by atoms with Gasteiger partial charge in [0.25, 0.3) is 5.91 Å². The van der Waals surface area contributed by atoms with E-state index in [0.717, 1.165) is 4.70 Å². The Morgan fingerprint density at radius 1 is 1.22 bits per heavy atom. The van der Waals surface area contributed by atoms with Crippen LogP contribution in [0.15, 0.2) is 70.3 Å². The van der Waals surface area contributed by atoms with Gasteiger partial charge in [-0.25, -0.2) is 9.37 Å². The van der Waals surface area contributed by atoms with Crippen molar-refractivity contribution in [1.29, 1.82) is 0 Å². The van der Waals surface area contributed by atoms with Gasteiger partial charge < -0.3 is 9.52 Å². The number of halogens is 2. The molecule has 3 heterocycles. The molecule has 1 atom stereocenters. The molecule has 160 valence electrons. The molecule has 1 aliphatic heterocycles. The molecule has 6 nitrogen and oxygen atoms in total. The Morgan fingerprint density at radius 2 is 2.00 bits per heavy atom. The van der Waals surface area contributed by atoms with E-state index >= 15 is 0 Å². The molecule has 5 rings (SSSR count). The van der Waals surface area contributed by atoms with E-state index in [0.29, 0.717) is 21.9 Å². The molecular formula is C23H14ClFN2O4S. The van der Waals surface area contributed by atoms with Gasteiger partial charge in [0.2, 0.25) is 5.78 Å². The zero-order chi connectivity index (χ0) is 22.6. The minimum absolute atomic E-state index is 0.0348. The Kier molecular flexibility index (Phi) is 4.83. The summed E-state index contributed by atoms with van der Waals surface area (Å²) in [4.78, 5) is 32.1. The first-order chi connectivity index (χ1) is 15.3. The predicted octanol–water partition coefficient (Wildman–Crippen LogP) is 5.77. The monoisotopic (exact) mass is 468 g/mol. The third-order valence-electron chi connectivity index (χ3n) is 5.15. The minimum atomic E-state index is -1.10. The van der Waals surface area contributed by atoms with E-state index in [1.807, 2.05) is 0 Å². The summed E-state index contributed by atoms with van der Waals surface area (Å²) in [5, 5.41) is 11.4. The third-order valence-corrected chi connectivity index (χ3v) is 6.47. The Balaban J connectivity index is 1.70. The van der Waals surface area contributed by atoms with Crippen molar-refractivity contribution >= 4 is 50.0 Å². The van der Waals surface area contributed by atoms with E-state index < -0.39 is 29.3 Å². The van der Waals surface area contributed by atoms with Crippen molar-refractivity contribution in [1.82, 2.24) is 4.98 Å². The maximum Gasteiger partial charge on any atom is 0.296 e. The van der Waals surface area contributed by atoms with E-state index in [2.05, 4.69) is 4.98 Å². The summed E-state index contributed by atoms with van der Waals surface area (Å²) in [5.41, 5.74) is 0.584. The van der Waals surface area contributed by atoms with Gasteiger partial charge in [0.05, 0.1) is 21.3 Å². The van der Waals surface area contributed by atoms with Crippen LogP contribution in [0.1, 0.15) is 27.9 Å². The Bertz CT molecular complexity index is 1440. The van der Waals surface area contributed by atoms with Gasteiger partial charge in [-0.3, -0.25) is 14.5 Å². The number of rotatable bonds is 4. The number of nitrogens with zero attached hydrogens (tertiary/aromatic N) is 2. The van der Waals surface area contributed by atoms with E-state index in [1.54, 1.807) is 37.3 Å². The molecule has 2 aromatic heterocycles. The van der Waals surface area contributed by atoms with Crippen molar-refractivity contribution in [2.45, 2.75) is 13.0 Å². The van der Waals surface area contributed by atoms with Crippen molar-refractivity contribution in [2.75, 3.05) is 4.90 Å². The molecular weight excluding hydrogens is 455 g/mol. The van der Waals surface area contributed by atoms with Crippen LogP contribution in [-0.2, 0) is 4.79 Å². The SMILES string of the molecule is Cc1ccc(C(=O)C2=C(O)C(=O)N(c3nc4c(Cl)cccc4s3)C2c2cccc(F)c2)o1. The highest BCUT2D eigenvalue weighted by molar-refractivity contribution is 7.22. The largest absolute Gasteiger partial charge is 0.503 e. The van der Waals surface area contributed by atoms with Gasteiger partial charge in [-0.1, -0.05) is 41.1 Å². The van der Waals surface area contributed by atoms with Gasteiger partial charge in [0, 0.05) is 0 Å². The van der Waals surface area contributed by atoms with Gasteiger partial charge >= 0.3 is 0 Å². The van der Waals surface area contributed by atoms with E-state index in [9.17, 15) is 19.1 Å². The molecule has 1 N–H and O–H groups in total. The number of aryl methyl sites for hydroxylation is 1. The molecule has 2 aromatic carbocycles. The summed E-state index contributed by atoms with van der Waals surface area (Å²) in [7, 11) is 0. The number of carbonyl (C=O) groups excluding carboxylic acids is 2. The number of para-hydroxylation sites is 1. The van der Waals surface area contributed by atoms with Crippen LogP contribution in [0.25, 0.3) is 10.2 Å². The molecule has 4 aromatic rings. The van der Waals surface area contributed by atoms with Gasteiger partial charge in [-0.2, -0.15) is 0 Å². The number of anilines is 1. The van der Waals surface area contributed by atoms with Gasteiger partial charge in [-0.05, 0) is 48.9 Å². The second-order valence-electron chi connectivity index (χ2n) is 7.22. The summed E-state index contributed by atoms with van der Waals surface area (Å²) in [6.07, 6.45) is 0. The van der Waals surface area contributed by atoms with Gasteiger partial charge in [0.1, 0.15) is 17.1 Å². The maximum atomic E-state index is 14.1. The number of hydrogen-bond donors (Lipinski definition) is 1. The molecule has 32 heavy (non-hydrogen) atoms. The lowest BCUT2D eigenvalue weighted by atomic mass is 9.95. The lowest BCUT2D eigenvalue weighted by molar-refractivity contribution is -0.117. The number of carbonyl (C=O) groups is 2. The molecule has 1 amide bonds. The number of benzene rings is 2. The fraction of sp³-hybridized carbons (Fsp3) is 0.0870. The average Bonchev–Trinajstić information content (AvgIpc) is 3.45. The molecule has 1 aliphatic rings. The number of aliphatic hydroxyl groups is 1. The highest BCUT2D eigenvalue weighted by atomic mass is 35.5. The van der Waals surface area contributed by atoms with E-state index in [1.165, 1.54) is 40.5 Å². The van der Waals surface area contributed by atoms with E-state index in [4.69, 9.17) is 16.0 Å². The Morgan fingerprint density at radius 3 is 2.69 bits per heavy atom. The van der Waals surface area contributed by atoms with E-state index in [-0.39, 0.29) is 16.5 Å². The van der Waals surface area contributed by atoms with Crippen molar-refractivity contribution in [2.24, 2.45) is 0 Å². The molecule has 0 spiro atoms. The number of amides is 1. The molecule has 1 unspecified atom stereocenters. The number of Topliss-reactive ketones (excluding diaryl/α,β-unsaturated/α-hetero) is 1. The summed E-state index contributed by atoms with van der Waals surface area (Å²) in [5.74, 6) is -2.30. The van der Waals surface area contributed by atoms with Crippen LogP contribution in [0.5, 0.6) is 0 Å². The van der Waals surface area contributed by atoms with Crippen LogP contribution in [0.2, 0.25) is 5.02 Å². The van der Waals surface area contributed by atoms with Crippen LogP contribution in [-0.4, -0.2) is 21.8 Å². The zero-order valence-electron chi connectivity index (χ0n) is 16.5. The van der Waals surface area contributed by atoms with Crippen molar-refractivity contribution < 1.29 is 23.5 Å². The number of ketones is 1. The first-order valence-electron chi connectivity index (χ1n) is 9.53. The molecule has 0 aliphatic carbocycles. The van der Waals surface area contributed by atoms with Crippen LogP contribution in [0.4, 0.5) is 9.52 Å². The molecule has 0 saturated heterocycles. The summed E-state index contributed by atoms with van der Waals surface area (Å²) < 4.78 is 20.2. The molecule has 9 heteroatoms. The highest BCUT2D eigenvalue weighted by Gasteiger charge is 2.46. The fourth-order valence-corrected chi connectivity index (χ4v) is 5.01. The number of fused-ring (bicyclic) bond motifs is 1. The van der Waals surface area contributed by atoms with Gasteiger partial charge in [0.15, 0.2) is 16.7 Å². The number of thiazole rings is 1. The summed E-state index contributed by atoms with van der Waals surface area (Å²) in [6, 6.07) is 12.7. The maximum absolute atomic E-state index is 14.1. The first-order valence-corrected chi connectivity index (χ1v) is 10.7. The fourth-order valence-electron chi connectivity index (χ4n) is 3.72. The molecule has 0 saturated carbocycles. The van der Waals surface area contributed by atoms with Crippen LogP contribution >= 0.6 is 22.9 Å². The number of aliphatic hydroxyl groups excluding tert-OH is 1. The van der Waals surface area contributed by atoms with Crippen LogP contribution < -0.4 is 4.90 Å². The third kappa shape index (κ3) is 3.19. The minimum Gasteiger partial charge on any atom is -0.503 e. The summed E-state index contributed by atoms with van der Waals surface area (Å²) >= 11 is 7.42. The quantitative estimate of drug-likeness (QED) is 0.384. The first kappa shape index (κ1) is 20.4. The smallest absolute Gasteiger partial charge is 0.296 e. The Hall–Kier alpha value is -3.49. The number of aromatic nitrogens is 1. The lowest BCUT2D eigenvalue weighted by Crippen LogP contribution is -2.31. The molecule has 0 fully saturated rings. The summed E-state index contributed by atoms with van der Waals surface area (Å²) in [6.45, 7) is 1.67. The second-order valence-corrected chi connectivity index (χ2v) is 8.63. The second kappa shape index (κ2) is 7.58. The normalized spacial score (nSPS) is 16.4. The standard InChI is InChI=1S/C23H14ClFN2O4S/c1-11-8-9-15(31-11)20(28)17-19(12-4-2-5-13(25)10-12)27(22(30)21(17)29)23-26-18-14(24)6-3-7-16(18)32-23/h2-10,19,29H,1H3. The van der Waals surface area contributed by atoms with Gasteiger partial charge in [-0.15, -0.1) is 0 Å². The van der Waals surface area contributed by atoms with Crippen molar-refractivity contribution in [3.8, 4) is 0 Å². The molecule has 0 bridgehead atoms.